The second kappa shape index (κ2) is 11.2. The number of ketones is 1. The molecule has 0 aliphatic heterocycles. The Bertz CT molecular complexity index is 751. The molecule has 0 spiro atoms. The number of hydrogen-bond donors (Lipinski definition) is 0. The number of hydrogen-bond acceptors (Lipinski definition) is 3. The average molecular weight is 370 g/mol. The van der Waals surface area contributed by atoms with Gasteiger partial charge in [-0.3, -0.25) is 4.79 Å². The zero-order valence-corrected chi connectivity index (χ0v) is 16.0. The molecular weight excluding hydrogens is 343 g/mol. The van der Waals surface area contributed by atoms with E-state index in [1.807, 2.05) is 0 Å². The first-order valence-corrected chi connectivity index (χ1v) is 9.51. The lowest BCUT2D eigenvalue weighted by Crippen LogP contribution is -2.04. The average Bonchev–Trinajstić information content (AvgIpc) is 2.68. The predicted octanol–water partition coefficient (Wildman–Crippen LogP) is 6.08. The number of allylic oxidation sites excluding steroid dienone is 1. The van der Waals surface area contributed by atoms with Crippen LogP contribution < -0.4 is 9.47 Å². The van der Waals surface area contributed by atoms with Gasteiger partial charge in [-0.05, 0) is 54.8 Å². The van der Waals surface area contributed by atoms with Gasteiger partial charge in [-0.25, -0.2) is 4.39 Å². The first-order chi connectivity index (χ1) is 13.1. The zero-order chi connectivity index (χ0) is 19.5. The van der Waals surface area contributed by atoms with Crippen molar-refractivity contribution in [2.45, 2.75) is 39.5 Å². The van der Waals surface area contributed by atoms with E-state index in [4.69, 9.17) is 9.47 Å². The van der Waals surface area contributed by atoms with Crippen LogP contribution in [0.1, 0.15) is 55.5 Å². The van der Waals surface area contributed by atoms with E-state index in [1.54, 1.807) is 36.4 Å². The standard InChI is InChI=1S/C23H27FO3/c1-3-5-15-26-22-14-10-19(17-23(22)27-16-6-4-2)21(25)13-9-18-7-11-20(24)12-8-18/h7-14,17H,3-6,15-16H2,1-2H3. The van der Waals surface area contributed by atoms with E-state index < -0.39 is 0 Å². The van der Waals surface area contributed by atoms with Crippen LogP contribution in [0.3, 0.4) is 0 Å². The molecule has 0 aromatic heterocycles. The molecule has 0 aliphatic rings. The molecule has 0 heterocycles. The van der Waals surface area contributed by atoms with Gasteiger partial charge in [0.05, 0.1) is 13.2 Å². The van der Waals surface area contributed by atoms with Crippen LogP contribution in [0.25, 0.3) is 6.08 Å². The van der Waals surface area contributed by atoms with Gasteiger partial charge in [-0.15, -0.1) is 0 Å². The smallest absolute Gasteiger partial charge is 0.185 e. The summed E-state index contributed by atoms with van der Waals surface area (Å²) in [6, 6.07) is 11.3. The molecule has 0 amide bonds. The molecule has 0 aliphatic carbocycles. The Balaban J connectivity index is 2.13. The van der Waals surface area contributed by atoms with E-state index in [1.165, 1.54) is 18.2 Å². The van der Waals surface area contributed by atoms with Gasteiger partial charge in [0, 0.05) is 5.56 Å². The Hall–Kier alpha value is -2.62. The van der Waals surface area contributed by atoms with Crippen molar-refractivity contribution in [1.82, 2.24) is 0 Å². The minimum absolute atomic E-state index is 0.139. The van der Waals surface area contributed by atoms with Gasteiger partial charge in [0.1, 0.15) is 5.82 Å². The van der Waals surface area contributed by atoms with Crippen LogP contribution in [0.2, 0.25) is 0 Å². The van der Waals surface area contributed by atoms with Crippen molar-refractivity contribution in [3.63, 3.8) is 0 Å². The molecule has 0 saturated carbocycles. The number of ether oxygens (including phenoxy) is 2. The van der Waals surface area contributed by atoms with Crippen molar-refractivity contribution in [2.24, 2.45) is 0 Å². The number of unbranched alkanes of at least 4 members (excludes halogenated alkanes) is 2. The van der Waals surface area contributed by atoms with E-state index >= 15 is 0 Å². The maximum absolute atomic E-state index is 13.0. The van der Waals surface area contributed by atoms with E-state index in [0.717, 1.165) is 31.2 Å². The summed E-state index contributed by atoms with van der Waals surface area (Å²) in [5, 5.41) is 0. The second-order valence-corrected chi connectivity index (χ2v) is 6.31. The summed E-state index contributed by atoms with van der Waals surface area (Å²) >= 11 is 0. The largest absolute Gasteiger partial charge is 0.490 e. The van der Waals surface area contributed by atoms with Crippen LogP contribution in [-0.2, 0) is 0 Å². The van der Waals surface area contributed by atoms with Crippen molar-refractivity contribution in [3.8, 4) is 11.5 Å². The summed E-state index contributed by atoms with van der Waals surface area (Å²) < 4.78 is 24.6. The van der Waals surface area contributed by atoms with E-state index in [9.17, 15) is 9.18 Å². The normalized spacial score (nSPS) is 10.9. The molecule has 0 radical (unpaired) electrons. The van der Waals surface area contributed by atoms with Crippen LogP contribution in [0.15, 0.2) is 48.5 Å². The maximum atomic E-state index is 13.0. The number of carbonyl (C=O) groups is 1. The molecular formula is C23H27FO3. The van der Waals surface area contributed by atoms with Crippen LogP contribution in [-0.4, -0.2) is 19.0 Å². The van der Waals surface area contributed by atoms with Crippen molar-refractivity contribution < 1.29 is 18.7 Å². The summed E-state index contributed by atoms with van der Waals surface area (Å²) in [4.78, 5) is 12.5. The Morgan fingerprint density at radius 1 is 0.926 bits per heavy atom. The van der Waals surface area contributed by atoms with Gasteiger partial charge < -0.3 is 9.47 Å². The summed E-state index contributed by atoms with van der Waals surface area (Å²) in [6.45, 7) is 5.42. The van der Waals surface area contributed by atoms with Gasteiger partial charge in [0.25, 0.3) is 0 Å². The Labute approximate surface area is 160 Å². The molecule has 2 rings (SSSR count). The van der Waals surface area contributed by atoms with Crippen LogP contribution in [0, 0.1) is 5.82 Å². The molecule has 0 bridgehead atoms. The highest BCUT2D eigenvalue weighted by molar-refractivity contribution is 6.07. The SMILES string of the molecule is CCCCOc1ccc(C(=O)C=Cc2ccc(F)cc2)cc1OCCCC. The lowest BCUT2D eigenvalue weighted by molar-refractivity contribution is 0.104. The highest BCUT2D eigenvalue weighted by atomic mass is 19.1. The third-order valence-corrected chi connectivity index (χ3v) is 4.04. The van der Waals surface area contributed by atoms with Crippen molar-refractivity contribution in [2.75, 3.05) is 13.2 Å². The van der Waals surface area contributed by atoms with E-state index in [2.05, 4.69) is 13.8 Å². The quantitative estimate of drug-likeness (QED) is 0.273. The summed E-state index contributed by atoms with van der Waals surface area (Å²) in [5.74, 6) is 0.824. The minimum atomic E-state index is -0.300. The highest BCUT2D eigenvalue weighted by Crippen LogP contribution is 2.29. The monoisotopic (exact) mass is 370 g/mol. The molecule has 2 aromatic rings. The number of halogens is 1. The molecule has 0 N–H and O–H groups in total. The molecule has 144 valence electrons. The van der Waals surface area contributed by atoms with Crippen LogP contribution in [0.4, 0.5) is 4.39 Å². The molecule has 3 nitrogen and oxygen atoms in total. The molecule has 0 saturated heterocycles. The zero-order valence-electron chi connectivity index (χ0n) is 16.0. The van der Waals surface area contributed by atoms with Gasteiger partial charge in [0.2, 0.25) is 0 Å². The fraction of sp³-hybridized carbons (Fsp3) is 0.348. The molecule has 27 heavy (non-hydrogen) atoms. The van der Waals surface area contributed by atoms with Crippen LogP contribution >= 0.6 is 0 Å². The number of rotatable bonds is 11. The first-order valence-electron chi connectivity index (χ1n) is 9.51. The van der Waals surface area contributed by atoms with Crippen LogP contribution in [0.5, 0.6) is 11.5 Å². The second-order valence-electron chi connectivity index (χ2n) is 6.31. The van der Waals surface area contributed by atoms with Gasteiger partial charge in [-0.2, -0.15) is 0 Å². The fourth-order valence-electron chi connectivity index (χ4n) is 2.39. The first kappa shape index (κ1) is 20.7. The Kier molecular flexibility index (Phi) is 8.56. The van der Waals surface area contributed by atoms with Gasteiger partial charge >= 0.3 is 0 Å². The molecule has 2 aromatic carbocycles. The lowest BCUT2D eigenvalue weighted by atomic mass is 10.1. The number of benzene rings is 2. The predicted molar refractivity (Wildman–Crippen MR) is 107 cm³/mol. The molecule has 4 heteroatoms. The van der Waals surface area contributed by atoms with Crippen molar-refractivity contribution in [1.29, 1.82) is 0 Å². The van der Waals surface area contributed by atoms with Crippen molar-refractivity contribution in [3.05, 3.63) is 65.5 Å². The van der Waals surface area contributed by atoms with Crippen molar-refractivity contribution >= 4 is 11.9 Å². The Morgan fingerprint density at radius 3 is 2.19 bits per heavy atom. The van der Waals surface area contributed by atoms with E-state index in [0.29, 0.717) is 30.3 Å². The van der Waals surface area contributed by atoms with Gasteiger partial charge in [0.15, 0.2) is 17.3 Å². The summed E-state index contributed by atoms with van der Waals surface area (Å²) in [5.41, 5.74) is 1.30. The number of carbonyl (C=O) groups excluding carboxylic acids is 1. The molecule has 0 atom stereocenters. The lowest BCUT2D eigenvalue weighted by Gasteiger charge is -2.13. The Morgan fingerprint density at radius 2 is 1.56 bits per heavy atom. The fourth-order valence-corrected chi connectivity index (χ4v) is 2.39. The highest BCUT2D eigenvalue weighted by Gasteiger charge is 2.10. The summed E-state index contributed by atoms with van der Waals surface area (Å²) in [6.07, 6.45) is 7.15. The topological polar surface area (TPSA) is 35.5 Å². The van der Waals surface area contributed by atoms with E-state index in [-0.39, 0.29) is 11.6 Å². The molecule has 0 unspecified atom stereocenters. The third kappa shape index (κ3) is 6.89. The third-order valence-electron chi connectivity index (χ3n) is 4.04. The maximum Gasteiger partial charge on any atom is 0.185 e. The summed E-state index contributed by atoms with van der Waals surface area (Å²) in [7, 11) is 0. The van der Waals surface area contributed by atoms with Gasteiger partial charge in [-0.1, -0.05) is 44.9 Å². The molecule has 0 fully saturated rings. The minimum Gasteiger partial charge on any atom is -0.490 e.